The lowest BCUT2D eigenvalue weighted by molar-refractivity contribution is 0.357. The van der Waals surface area contributed by atoms with Crippen LogP contribution in [0.25, 0.3) is 55.3 Å². The third kappa shape index (κ3) is 4.88. The predicted molar refractivity (Wildman–Crippen MR) is 232 cm³/mol. The van der Waals surface area contributed by atoms with Gasteiger partial charge in [0, 0.05) is 16.3 Å². The summed E-state index contributed by atoms with van der Waals surface area (Å²) in [5.41, 5.74) is 18.1. The number of furan rings is 1. The Balaban J connectivity index is 1.36. The smallest absolute Gasteiger partial charge is 0.144 e. The summed E-state index contributed by atoms with van der Waals surface area (Å²) in [6, 6.07) is 44.6. The van der Waals surface area contributed by atoms with Crippen LogP contribution in [0.5, 0.6) is 0 Å². The van der Waals surface area contributed by atoms with E-state index >= 15 is 0 Å². The summed E-state index contributed by atoms with van der Waals surface area (Å²) in [4.78, 5) is 0. The Morgan fingerprint density at radius 2 is 1.37 bits per heavy atom. The number of hydrogen-bond donors (Lipinski definition) is 0. The van der Waals surface area contributed by atoms with Gasteiger partial charge in [-0.1, -0.05) is 181 Å². The third-order valence-electron chi connectivity index (χ3n) is 13.7. The quantitative estimate of drug-likeness (QED) is 0.156. The van der Waals surface area contributed by atoms with Crippen LogP contribution in [-0.2, 0) is 11.8 Å². The highest BCUT2D eigenvalue weighted by Gasteiger charge is 2.53. The second kappa shape index (κ2) is 12.4. The highest BCUT2D eigenvalue weighted by molar-refractivity contribution is 6.89. The molecule has 1 fully saturated rings. The van der Waals surface area contributed by atoms with Gasteiger partial charge >= 0.3 is 0 Å². The van der Waals surface area contributed by atoms with Crippen LogP contribution in [-0.4, -0.2) is 8.07 Å². The lowest BCUT2D eigenvalue weighted by atomic mass is 9.69. The lowest BCUT2D eigenvalue weighted by Crippen LogP contribution is -2.42. The van der Waals surface area contributed by atoms with Gasteiger partial charge in [-0.2, -0.15) is 0 Å². The Hall–Kier alpha value is -4.66. The molecule has 6 aromatic carbocycles. The molecule has 0 radical (unpaired) electrons. The standard InChI is InChI=1S/C52H52OSi/c1-32(2)33(3)36-25-26-44-42(28-36)50-46(30-40(35-19-11-8-12-20-35)49-39-22-14-16-24-47(39)53-51(49)50)52(44)43-23-15-13-21-38(43)41-29-37(27-34-17-9-7-10-18-34)48(31-45(41)52)54(4,5)6/h8,11-16,19-26,28-34H,7,9-10,17-18,27H2,1-6H3. The fourth-order valence-electron chi connectivity index (χ4n) is 10.7. The zero-order valence-corrected chi connectivity index (χ0v) is 33.9. The van der Waals surface area contributed by atoms with Crippen LogP contribution in [0.15, 0.2) is 120 Å². The molecule has 1 heterocycles. The first-order chi connectivity index (χ1) is 26.2. The minimum Gasteiger partial charge on any atom is -0.455 e. The molecule has 2 atom stereocenters. The lowest BCUT2D eigenvalue weighted by Gasteiger charge is -2.33. The van der Waals surface area contributed by atoms with Crippen molar-refractivity contribution in [3.63, 3.8) is 0 Å². The molecule has 2 heteroatoms. The van der Waals surface area contributed by atoms with Gasteiger partial charge in [0.2, 0.25) is 0 Å². The van der Waals surface area contributed by atoms with Crippen LogP contribution in [0.4, 0.5) is 0 Å². The number of para-hydroxylation sites is 1. The first kappa shape index (κ1) is 33.9. The molecule has 0 saturated heterocycles. The molecule has 3 aliphatic carbocycles. The van der Waals surface area contributed by atoms with Gasteiger partial charge in [-0.25, -0.2) is 0 Å². The molecular formula is C52H52OSi. The van der Waals surface area contributed by atoms with Crippen molar-refractivity contribution in [2.45, 2.75) is 90.3 Å². The van der Waals surface area contributed by atoms with Crippen molar-refractivity contribution in [1.29, 1.82) is 0 Å². The highest BCUT2D eigenvalue weighted by Crippen LogP contribution is 2.65. The normalized spacial score (nSPS) is 18.4. The Bertz CT molecular complexity index is 2590. The molecule has 3 aliphatic rings. The number of fused-ring (bicyclic) bond motifs is 14. The van der Waals surface area contributed by atoms with Crippen molar-refractivity contribution in [2.75, 3.05) is 0 Å². The van der Waals surface area contributed by atoms with Crippen LogP contribution < -0.4 is 5.19 Å². The largest absolute Gasteiger partial charge is 0.455 e. The summed E-state index contributed by atoms with van der Waals surface area (Å²) in [6.07, 6.45) is 8.12. The van der Waals surface area contributed by atoms with Gasteiger partial charge in [0.1, 0.15) is 11.2 Å². The zero-order chi connectivity index (χ0) is 36.9. The topological polar surface area (TPSA) is 13.1 Å². The molecule has 0 amide bonds. The molecule has 0 N–H and O–H groups in total. The van der Waals surface area contributed by atoms with E-state index in [4.69, 9.17) is 4.42 Å². The van der Waals surface area contributed by atoms with Gasteiger partial charge in [0.15, 0.2) is 0 Å². The molecule has 7 aromatic rings. The average Bonchev–Trinajstić information content (AvgIpc) is 3.81. The van der Waals surface area contributed by atoms with Crippen molar-refractivity contribution < 1.29 is 4.42 Å². The van der Waals surface area contributed by atoms with E-state index in [2.05, 4.69) is 156 Å². The maximum absolute atomic E-state index is 7.13. The van der Waals surface area contributed by atoms with Crippen molar-refractivity contribution in [2.24, 2.45) is 11.8 Å². The Morgan fingerprint density at radius 1 is 0.648 bits per heavy atom. The Labute approximate surface area is 322 Å². The molecule has 10 rings (SSSR count). The molecule has 0 aliphatic heterocycles. The summed E-state index contributed by atoms with van der Waals surface area (Å²) in [5.74, 6) is 1.77. The maximum Gasteiger partial charge on any atom is 0.144 e. The highest BCUT2D eigenvalue weighted by atomic mass is 28.3. The average molecular weight is 721 g/mol. The van der Waals surface area contributed by atoms with E-state index in [1.165, 1.54) is 110 Å². The van der Waals surface area contributed by atoms with Gasteiger partial charge < -0.3 is 4.42 Å². The van der Waals surface area contributed by atoms with Crippen LogP contribution in [0.1, 0.15) is 92.2 Å². The van der Waals surface area contributed by atoms with Crippen LogP contribution in [0, 0.1) is 11.8 Å². The number of rotatable bonds is 6. The first-order valence-corrected chi connectivity index (χ1v) is 24.1. The molecule has 1 aromatic heterocycles. The van der Waals surface area contributed by atoms with E-state index in [0.29, 0.717) is 11.8 Å². The van der Waals surface area contributed by atoms with E-state index < -0.39 is 13.5 Å². The Kier molecular flexibility index (Phi) is 7.80. The molecule has 1 spiro atoms. The van der Waals surface area contributed by atoms with E-state index in [1.807, 2.05) is 0 Å². The SMILES string of the molecule is CC(C)C(C)c1ccc2c(c1)-c1c(cc(-c3ccccc3)c3c1oc1ccccc13)C21c2ccccc2-c2cc(CC3CCCCC3)c([Si](C)(C)C)cc21. The molecule has 1 saturated carbocycles. The first-order valence-electron chi connectivity index (χ1n) is 20.6. The predicted octanol–water partition coefficient (Wildman–Crippen LogP) is 14.0. The second-order valence-electron chi connectivity index (χ2n) is 18.2. The second-order valence-corrected chi connectivity index (χ2v) is 23.2. The van der Waals surface area contributed by atoms with Gasteiger partial charge in [0.25, 0.3) is 0 Å². The van der Waals surface area contributed by atoms with Gasteiger partial charge in [-0.3, -0.25) is 0 Å². The summed E-state index contributed by atoms with van der Waals surface area (Å²) in [5, 5.41) is 4.05. The van der Waals surface area contributed by atoms with Crippen molar-refractivity contribution in [3.05, 3.63) is 149 Å². The minimum atomic E-state index is -1.74. The summed E-state index contributed by atoms with van der Waals surface area (Å²) in [6.45, 7) is 14.8. The molecular weight excluding hydrogens is 669 g/mol. The zero-order valence-electron chi connectivity index (χ0n) is 32.9. The maximum atomic E-state index is 7.13. The van der Waals surface area contributed by atoms with Gasteiger partial charge in [-0.15, -0.1) is 0 Å². The molecule has 1 nitrogen and oxygen atoms in total. The van der Waals surface area contributed by atoms with Gasteiger partial charge in [-0.05, 0) is 97.5 Å². The molecule has 0 bridgehead atoms. The summed E-state index contributed by atoms with van der Waals surface area (Å²) in [7, 11) is -1.74. The van der Waals surface area contributed by atoms with E-state index in [1.54, 1.807) is 10.8 Å². The van der Waals surface area contributed by atoms with Crippen LogP contribution >= 0.6 is 0 Å². The third-order valence-corrected chi connectivity index (χ3v) is 15.8. The summed E-state index contributed by atoms with van der Waals surface area (Å²) < 4.78 is 7.13. The van der Waals surface area contributed by atoms with E-state index in [-0.39, 0.29) is 0 Å². The molecule has 54 heavy (non-hydrogen) atoms. The van der Waals surface area contributed by atoms with Crippen molar-refractivity contribution in [3.8, 4) is 33.4 Å². The molecule has 2 unspecified atom stereocenters. The Morgan fingerprint density at radius 3 is 2.15 bits per heavy atom. The van der Waals surface area contributed by atoms with Crippen LogP contribution in [0.3, 0.4) is 0 Å². The monoisotopic (exact) mass is 720 g/mol. The van der Waals surface area contributed by atoms with Gasteiger partial charge in [0.05, 0.1) is 13.5 Å². The van der Waals surface area contributed by atoms with Crippen LogP contribution in [0.2, 0.25) is 19.6 Å². The minimum absolute atomic E-state index is 0.439. The van der Waals surface area contributed by atoms with E-state index in [9.17, 15) is 0 Å². The molecule has 270 valence electrons. The number of hydrogen-bond acceptors (Lipinski definition) is 1. The summed E-state index contributed by atoms with van der Waals surface area (Å²) >= 11 is 0. The van der Waals surface area contributed by atoms with Crippen molar-refractivity contribution >= 4 is 35.2 Å². The fraction of sp³-hybridized carbons (Fsp3) is 0.308. The fourth-order valence-corrected chi connectivity index (χ4v) is 12.4. The van der Waals surface area contributed by atoms with E-state index in [0.717, 1.165) is 17.1 Å². The van der Waals surface area contributed by atoms with Crippen molar-refractivity contribution in [1.82, 2.24) is 0 Å². The number of benzene rings is 6.